The van der Waals surface area contributed by atoms with Crippen LogP contribution >= 0.6 is 0 Å². The van der Waals surface area contributed by atoms with Gasteiger partial charge < -0.3 is 4.74 Å². The van der Waals surface area contributed by atoms with Crippen molar-refractivity contribution in [2.45, 2.75) is 25.1 Å². The summed E-state index contributed by atoms with van der Waals surface area (Å²) in [5.41, 5.74) is 0. The van der Waals surface area contributed by atoms with Gasteiger partial charge in [-0.15, -0.1) is 0 Å². The maximum absolute atomic E-state index is 11.7. The largest absolute Gasteiger partial charge is 0.452 e. The van der Waals surface area contributed by atoms with Crippen molar-refractivity contribution in [2.75, 3.05) is 6.61 Å². The van der Waals surface area contributed by atoms with Crippen LogP contribution in [0.1, 0.15) is 12.8 Å². The number of rotatable bonds is 1. The van der Waals surface area contributed by atoms with Gasteiger partial charge in [0.2, 0.25) is 0 Å². The van der Waals surface area contributed by atoms with Crippen molar-refractivity contribution in [3.05, 3.63) is 0 Å². The summed E-state index contributed by atoms with van der Waals surface area (Å²) in [6.45, 7) is 0.256. The predicted molar refractivity (Wildman–Crippen MR) is 30.0 cm³/mol. The van der Waals surface area contributed by atoms with Crippen LogP contribution in [-0.2, 0) is 9.53 Å². The number of ether oxygens (including phenoxy) is 1. The van der Waals surface area contributed by atoms with E-state index in [2.05, 4.69) is 4.74 Å². The number of alkyl halides is 3. The van der Waals surface area contributed by atoms with E-state index < -0.39 is 18.1 Å². The van der Waals surface area contributed by atoms with Crippen LogP contribution in [-0.4, -0.2) is 24.7 Å². The van der Waals surface area contributed by atoms with Crippen LogP contribution in [0.2, 0.25) is 0 Å². The van der Waals surface area contributed by atoms with E-state index in [4.69, 9.17) is 0 Å². The van der Waals surface area contributed by atoms with Gasteiger partial charge in [0, 0.05) is 6.61 Å². The van der Waals surface area contributed by atoms with E-state index in [9.17, 15) is 18.0 Å². The van der Waals surface area contributed by atoms with Crippen molar-refractivity contribution >= 4 is 5.78 Å². The van der Waals surface area contributed by atoms with Gasteiger partial charge >= 0.3 is 6.18 Å². The molecule has 1 aliphatic heterocycles. The highest BCUT2D eigenvalue weighted by atomic mass is 19.4. The Morgan fingerprint density at radius 3 is 2.45 bits per heavy atom. The molecular formula is C6H7F3O2. The molecule has 1 unspecified atom stereocenters. The van der Waals surface area contributed by atoms with Crippen molar-refractivity contribution in [3.8, 4) is 0 Å². The van der Waals surface area contributed by atoms with Gasteiger partial charge in [0.15, 0.2) is 0 Å². The van der Waals surface area contributed by atoms with Gasteiger partial charge in [-0.3, -0.25) is 4.79 Å². The van der Waals surface area contributed by atoms with E-state index in [1.54, 1.807) is 0 Å². The molecule has 64 valence electrons. The Morgan fingerprint density at radius 1 is 1.45 bits per heavy atom. The Bertz CT molecular complexity index is 158. The number of hydrogen-bond donors (Lipinski definition) is 0. The minimum absolute atomic E-state index is 0.193. The molecule has 0 saturated carbocycles. The van der Waals surface area contributed by atoms with Gasteiger partial charge in [0.1, 0.15) is 6.10 Å². The molecule has 1 saturated heterocycles. The third-order valence-electron chi connectivity index (χ3n) is 1.50. The molecule has 0 aromatic carbocycles. The molecule has 1 aliphatic rings. The molecule has 2 nitrogen and oxygen atoms in total. The first-order valence-electron chi connectivity index (χ1n) is 3.24. The van der Waals surface area contributed by atoms with E-state index in [0.29, 0.717) is 6.42 Å². The second-order valence-electron chi connectivity index (χ2n) is 2.36. The lowest BCUT2D eigenvalue weighted by atomic mass is 10.1. The Morgan fingerprint density at radius 2 is 2.09 bits per heavy atom. The number of ketones is 1. The monoisotopic (exact) mass is 168 g/mol. The summed E-state index contributed by atoms with van der Waals surface area (Å²) in [5, 5.41) is 0. The molecule has 1 rings (SSSR count). The molecule has 0 aromatic heterocycles. The van der Waals surface area contributed by atoms with Crippen LogP contribution in [0.25, 0.3) is 0 Å². The maximum Gasteiger partial charge on any atom is 0.452 e. The SMILES string of the molecule is O=C(C1CCCO1)C(F)(F)F. The normalized spacial score (nSPS) is 25.5. The minimum Gasteiger partial charge on any atom is -0.370 e. The van der Waals surface area contributed by atoms with Crippen LogP contribution in [0.3, 0.4) is 0 Å². The quantitative estimate of drug-likeness (QED) is 0.589. The highest BCUT2D eigenvalue weighted by molar-refractivity contribution is 5.88. The molecule has 0 radical (unpaired) electrons. The Kier molecular flexibility index (Phi) is 2.17. The zero-order chi connectivity index (χ0) is 8.48. The summed E-state index contributed by atoms with van der Waals surface area (Å²) >= 11 is 0. The molecule has 1 fully saturated rings. The lowest BCUT2D eigenvalue weighted by Gasteiger charge is -2.09. The number of Topliss-reactive ketones (excluding diaryl/α,β-unsaturated/α-hetero) is 1. The van der Waals surface area contributed by atoms with Crippen LogP contribution < -0.4 is 0 Å². The molecule has 0 amide bonds. The van der Waals surface area contributed by atoms with Crippen LogP contribution in [0.15, 0.2) is 0 Å². The molecule has 1 heterocycles. The molecule has 5 heteroatoms. The maximum atomic E-state index is 11.7. The fourth-order valence-corrected chi connectivity index (χ4v) is 0.967. The Hall–Kier alpha value is -0.580. The summed E-state index contributed by atoms with van der Waals surface area (Å²) in [5.74, 6) is -1.75. The van der Waals surface area contributed by atoms with Crippen molar-refractivity contribution in [3.63, 3.8) is 0 Å². The molecule has 0 aliphatic carbocycles. The van der Waals surface area contributed by atoms with Crippen LogP contribution in [0.5, 0.6) is 0 Å². The summed E-state index contributed by atoms with van der Waals surface area (Å²) in [4.78, 5) is 10.4. The Balaban J connectivity index is 2.53. The van der Waals surface area contributed by atoms with E-state index >= 15 is 0 Å². The number of halogens is 3. The lowest BCUT2D eigenvalue weighted by molar-refractivity contribution is -0.180. The average Bonchev–Trinajstić information content (AvgIpc) is 2.34. The molecule has 11 heavy (non-hydrogen) atoms. The fraction of sp³-hybridized carbons (Fsp3) is 0.833. The number of carbonyl (C=O) groups excluding carboxylic acids is 1. The van der Waals surface area contributed by atoms with Crippen LogP contribution in [0.4, 0.5) is 13.2 Å². The smallest absolute Gasteiger partial charge is 0.370 e. The lowest BCUT2D eigenvalue weighted by Crippen LogP contribution is -2.33. The summed E-state index contributed by atoms with van der Waals surface area (Å²) < 4.78 is 39.6. The summed E-state index contributed by atoms with van der Waals surface area (Å²) in [7, 11) is 0. The second-order valence-corrected chi connectivity index (χ2v) is 2.36. The van der Waals surface area contributed by atoms with Gasteiger partial charge in [0.05, 0.1) is 0 Å². The van der Waals surface area contributed by atoms with Gasteiger partial charge in [-0.25, -0.2) is 0 Å². The zero-order valence-corrected chi connectivity index (χ0v) is 5.65. The molecule has 0 aromatic rings. The van der Waals surface area contributed by atoms with Gasteiger partial charge in [-0.2, -0.15) is 13.2 Å². The standard InChI is InChI=1S/C6H7F3O2/c7-6(8,9)5(10)4-2-1-3-11-4/h4H,1-3H2. The molecule has 0 N–H and O–H groups in total. The van der Waals surface area contributed by atoms with E-state index in [-0.39, 0.29) is 13.0 Å². The summed E-state index contributed by atoms with van der Waals surface area (Å²) in [6, 6.07) is 0. The van der Waals surface area contributed by atoms with E-state index in [1.807, 2.05) is 0 Å². The first-order valence-corrected chi connectivity index (χ1v) is 3.24. The van der Waals surface area contributed by atoms with E-state index in [1.165, 1.54) is 0 Å². The van der Waals surface area contributed by atoms with E-state index in [0.717, 1.165) is 0 Å². The third kappa shape index (κ3) is 1.92. The van der Waals surface area contributed by atoms with Gasteiger partial charge in [0.25, 0.3) is 5.78 Å². The first-order chi connectivity index (χ1) is 5.02. The highest BCUT2D eigenvalue weighted by Crippen LogP contribution is 2.24. The molecular weight excluding hydrogens is 161 g/mol. The van der Waals surface area contributed by atoms with Crippen molar-refractivity contribution < 1.29 is 22.7 Å². The molecule has 0 bridgehead atoms. The van der Waals surface area contributed by atoms with Crippen molar-refractivity contribution in [1.29, 1.82) is 0 Å². The van der Waals surface area contributed by atoms with Gasteiger partial charge in [-0.1, -0.05) is 0 Å². The predicted octanol–water partition coefficient (Wildman–Crippen LogP) is 1.30. The first kappa shape index (κ1) is 8.52. The van der Waals surface area contributed by atoms with Crippen molar-refractivity contribution in [1.82, 2.24) is 0 Å². The van der Waals surface area contributed by atoms with Crippen molar-refractivity contribution in [2.24, 2.45) is 0 Å². The topological polar surface area (TPSA) is 26.3 Å². The minimum atomic E-state index is -4.74. The third-order valence-corrected chi connectivity index (χ3v) is 1.50. The summed E-state index contributed by atoms with van der Waals surface area (Å²) in [6.07, 6.45) is -5.25. The zero-order valence-electron chi connectivity index (χ0n) is 5.65. The second kappa shape index (κ2) is 2.81. The molecule has 1 atom stereocenters. The number of hydrogen-bond acceptors (Lipinski definition) is 2. The number of carbonyl (C=O) groups is 1. The average molecular weight is 168 g/mol. The highest BCUT2D eigenvalue weighted by Gasteiger charge is 2.44. The van der Waals surface area contributed by atoms with Crippen LogP contribution in [0, 0.1) is 0 Å². The fourth-order valence-electron chi connectivity index (χ4n) is 0.967. The molecule has 0 spiro atoms. The van der Waals surface area contributed by atoms with Gasteiger partial charge in [-0.05, 0) is 12.8 Å². The Labute approximate surface area is 61.3 Å².